The molecule has 0 aliphatic rings. The number of nitro benzene ring substituents is 1. The molecule has 8 heteroatoms. The van der Waals surface area contributed by atoms with E-state index in [2.05, 4.69) is 15.4 Å². The van der Waals surface area contributed by atoms with E-state index < -0.39 is 16.8 Å². The Morgan fingerprint density at radius 2 is 2.10 bits per heavy atom. The number of amides is 1. The van der Waals surface area contributed by atoms with Crippen molar-refractivity contribution >= 4 is 23.2 Å². The molecule has 0 spiro atoms. The summed E-state index contributed by atoms with van der Waals surface area (Å²) in [7, 11) is 0. The topological polar surface area (TPSA) is 93.5 Å². The van der Waals surface area contributed by atoms with E-state index in [0.717, 1.165) is 12.5 Å². The Morgan fingerprint density at radius 1 is 1.40 bits per heavy atom. The number of carbonyl (C=O) groups is 1. The van der Waals surface area contributed by atoms with Gasteiger partial charge in [-0.25, -0.2) is 9.18 Å². The first-order chi connectivity index (χ1) is 9.49. The van der Waals surface area contributed by atoms with Gasteiger partial charge in [0.05, 0.1) is 23.3 Å². The summed E-state index contributed by atoms with van der Waals surface area (Å²) in [6.45, 7) is 4.13. The molecule has 0 saturated heterocycles. The first kappa shape index (κ1) is 15.7. The fourth-order valence-corrected chi connectivity index (χ4v) is 1.49. The van der Waals surface area contributed by atoms with Gasteiger partial charge in [0, 0.05) is 6.54 Å². The van der Waals surface area contributed by atoms with Crippen LogP contribution in [0.25, 0.3) is 0 Å². The number of hydrogen-bond acceptors (Lipinski definition) is 5. The molecule has 0 unspecified atom stereocenters. The first-order valence-corrected chi connectivity index (χ1v) is 6.15. The highest BCUT2D eigenvalue weighted by Crippen LogP contribution is 2.30. The molecule has 1 aromatic carbocycles. The summed E-state index contributed by atoms with van der Waals surface area (Å²) in [5.74, 6) is -0.896. The second-order valence-electron chi connectivity index (χ2n) is 3.88. The lowest BCUT2D eigenvalue weighted by Crippen LogP contribution is -2.15. The number of halogens is 1. The summed E-state index contributed by atoms with van der Waals surface area (Å²) < 4.78 is 18.3. The number of benzene rings is 1. The SMILES string of the molecule is CCCNc1cc(NC(=O)OCC)c(F)cc1[N+](=O)[O-]. The maximum absolute atomic E-state index is 13.7. The second-order valence-corrected chi connectivity index (χ2v) is 3.88. The molecule has 0 radical (unpaired) electrons. The molecule has 0 aromatic heterocycles. The van der Waals surface area contributed by atoms with Gasteiger partial charge in [0.2, 0.25) is 0 Å². The lowest BCUT2D eigenvalue weighted by Gasteiger charge is -2.10. The minimum Gasteiger partial charge on any atom is -0.450 e. The maximum atomic E-state index is 13.7. The predicted octanol–water partition coefficient (Wildman–Crippen LogP) is 3.12. The summed E-state index contributed by atoms with van der Waals surface area (Å²) in [6.07, 6.45) is -0.0727. The molecule has 2 N–H and O–H groups in total. The fourth-order valence-electron chi connectivity index (χ4n) is 1.49. The highest BCUT2D eigenvalue weighted by molar-refractivity contribution is 5.86. The van der Waals surface area contributed by atoms with E-state index in [-0.39, 0.29) is 23.7 Å². The smallest absolute Gasteiger partial charge is 0.411 e. The molecule has 7 nitrogen and oxygen atoms in total. The summed E-state index contributed by atoms with van der Waals surface area (Å²) in [5.41, 5.74) is -0.414. The van der Waals surface area contributed by atoms with Gasteiger partial charge in [0.1, 0.15) is 5.69 Å². The lowest BCUT2D eigenvalue weighted by atomic mass is 10.2. The Bertz CT molecular complexity index is 508. The van der Waals surface area contributed by atoms with Crippen molar-refractivity contribution in [3.63, 3.8) is 0 Å². The van der Waals surface area contributed by atoms with Gasteiger partial charge in [-0.05, 0) is 19.4 Å². The van der Waals surface area contributed by atoms with Crippen molar-refractivity contribution in [1.29, 1.82) is 0 Å². The summed E-state index contributed by atoms with van der Waals surface area (Å²) >= 11 is 0. The number of hydrogen-bond donors (Lipinski definition) is 2. The molecule has 110 valence electrons. The van der Waals surface area contributed by atoms with Gasteiger partial charge in [-0.15, -0.1) is 0 Å². The monoisotopic (exact) mass is 285 g/mol. The molecule has 0 aliphatic carbocycles. The second kappa shape index (κ2) is 7.27. The molecular weight excluding hydrogens is 269 g/mol. The number of anilines is 2. The first-order valence-electron chi connectivity index (χ1n) is 6.15. The van der Waals surface area contributed by atoms with Gasteiger partial charge in [0.15, 0.2) is 5.82 Å². The average molecular weight is 285 g/mol. The van der Waals surface area contributed by atoms with Crippen molar-refractivity contribution in [2.75, 3.05) is 23.8 Å². The third-order valence-electron chi connectivity index (χ3n) is 2.36. The van der Waals surface area contributed by atoms with Crippen LogP contribution >= 0.6 is 0 Å². The summed E-state index contributed by atoms with van der Waals surface area (Å²) in [5, 5.41) is 15.9. The minimum atomic E-state index is -0.896. The van der Waals surface area contributed by atoms with Crippen LogP contribution < -0.4 is 10.6 Å². The Kier molecular flexibility index (Phi) is 5.70. The number of carbonyl (C=O) groups excluding carboxylic acids is 1. The van der Waals surface area contributed by atoms with Crippen molar-refractivity contribution in [3.05, 3.63) is 28.1 Å². The minimum absolute atomic E-state index is 0.140. The third kappa shape index (κ3) is 4.08. The lowest BCUT2D eigenvalue weighted by molar-refractivity contribution is -0.384. The summed E-state index contributed by atoms with van der Waals surface area (Å²) in [4.78, 5) is 21.4. The van der Waals surface area contributed by atoms with Crippen LogP contribution in [0, 0.1) is 15.9 Å². The third-order valence-corrected chi connectivity index (χ3v) is 2.36. The van der Waals surface area contributed by atoms with Crippen LogP contribution in [0.3, 0.4) is 0 Å². The number of nitrogens with zero attached hydrogens (tertiary/aromatic N) is 1. The van der Waals surface area contributed by atoms with Crippen LogP contribution in [0.4, 0.5) is 26.2 Å². The normalized spacial score (nSPS) is 9.95. The molecule has 0 bridgehead atoms. The van der Waals surface area contributed by atoms with Crippen LogP contribution in [0.15, 0.2) is 12.1 Å². The van der Waals surface area contributed by atoms with E-state index in [1.54, 1.807) is 6.92 Å². The predicted molar refractivity (Wildman–Crippen MR) is 72.5 cm³/mol. The van der Waals surface area contributed by atoms with Gasteiger partial charge in [-0.1, -0.05) is 6.92 Å². The van der Waals surface area contributed by atoms with Crippen molar-refractivity contribution in [1.82, 2.24) is 0 Å². The fraction of sp³-hybridized carbons (Fsp3) is 0.417. The van der Waals surface area contributed by atoms with Crippen LogP contribution in [0.1, 0.15) is 20.3 Å². The molecule has 0 heterocycles. The van der Waals surface area contributed by atoms with Gasteiger partial charge in [-0.2, -0.15) is 0 Å². The van der Waals surface area contributed by atoms with E-state index in [1.807, 2.05) is 6.92 Å². The van der Waals surface area contributed by atoms with E-state index in [9.17, 15) is 19.3 Å². The Hall–Kier alpha value is -2.38. The highest BCUT2D eigenvalue weighted by atomic mass is 19.1. The number of ether oxygens (including phenoxy) is 1. The van der Waals surface area contributed by atoms with Gasteiger partial charge >= 0.3 is 6.09 Å². The number of nitrogens with one attached hydrogen (secondary N) is 2. The van der Waals surface area contributed by atoms with E-state index in [1.165, 1.54) is 6.07 Å². The van der Waals surface area contributed by atoms with Crippen LogP contribution in [0.5, 0.6) is 0 Å². The Labute approximate surface area is 115 Å². The van der Waals surface area contributed by atoms with Crippen molar-refractivity contribution in [2.45, 2.75) is 20.3 Å². The molecule has 0 fully saturated rings. The zero-order valence-electron chi connectivity index (χ0n) is 11.2. The quantitative estimate of drug-likeness (QED) is 0.618. The molecule has 0 saturated carbocycles. The maximum Gasteiger partial charge on any atom is 0.411 e. The van der Waals surface area contributed by atoms with Crippen molar-refractivity contribution in [3.8, 4) is 0 Å². The summed E-state index contributed by atoms with van der Waals surface area (Å²) in [6, 6.07) is 1.94. The van der Waals surface area contributed by atoms with Crippen LogP contribution in [-0.4, -0.2) is 24.2 Å². The number of rotatable bonds is 6. The van der Waals surface area contributed by atoms with Crippen LogP contribution in [-0.2, 0) is 4.74 Å². The van der Waals surface area contributed by atoms with E-state index in [0.29, 0.717) is 6.54 Å². The highest BCUT2D eigenvalue weighted by Gasteiger charge is 2.19. The zero-order chi connectivity index (χ0) is 15.1. The largest absolute Gasteiger partial charge is 0.450 e. The molecular formula is C12H16FN3O4. The van der Waals surface area contributed by atoms with Gasteiger partial charge in [0.25, 0.3) is 5.69 Å². The van der Waals surface area contributed by atoms with Gasteiger partial charge in [-0.3, -0.25) is 15.4 Å². The molecule has 1 amide bonds. The molecule has 1 rings (SSSR count). The molecule has 1 aromatic rings. The molecule has 20 heavy (non-hydrogen) atoms. The Balaban J connectivity index is 3.07. The van der Waals surface area contributed by atoms with E-state index >= 15 is 0 Å². The van der Waals surface area contributed by atoms with Gasteiger partial charge < -0.3 is 10.1 Å². The Morgan fingerprint density at radius 3 is 2.65 bits per heavy atom. The molecule has 0 atom stereocenters. The standard InChI is InChI=1S/C12H16FN3O4/c1-3-5-14-10-7-9(15-12(17)20-4-2)8(13)6-11(10)16(18)19/h6-7,14H,3-5H2,1-2H3,(H,15,17). The zero-order valence-corrected chi connectivity index (χ0v) is 11.2. The van der Waals surface area contributed by atoms with Crippen LogP contribution in [0.2, 0.25) is 0 Å². The average Bonchev–Trinajstić information content (AvgIpc) is 2.39. The van der Waals surface area contributed by atoms with E-state index in [4.69, 9.17) is 0 Å². The molecule has 0 aliphatic heterocycles. The number of nitro groups is 1. The van der Waals surface area contributed by atoms with Crippen molar-refractivity contribution in [2.24, 2.45) is 0 Å². The van der Waals surface area contributed by atoms with Crippen molar-refractivity contribution < 1.29 is 18.8 Å².